The number of hydrogen-bond donors (Lipinski definition) is 1. The Hall–Kier alpha value is -1.28. The van der Waals surface area contributed by atoms with Crippen LogP contribution >= 0.6 is 0 Å². The van der Waals surface area contributed by atoms with Gasteiger partial charge in [0.05, 0.1) is 12.7 Å². The number of aliphatic hydroxyl groups excluding tert-OH is 1. The van der Waals surface area contributed by atoms with Crippen LogP contribution in [0.2, 0.25) is 0 Å². The second kappa shape index (κ2) is 7.34. The molecule has 2 nitrogen and oxygen atoms in total. The standard InChI is InChI=1S/C17H24O2/c1-2-3-4-5-6-10-16(18)15-12-14-9-7-8-11-17(14)19-13-15/h2,7-9,11,15-16,18H,1,3-6,10,12-13H2. The lowest BCUT2D eigenvalue weighted by molar-refractivity contribution is 0.0568. The maximum atomic E-state index is 10.3. The molecule has 1 aromatic carbocycles. The van der Waals surface area contributed by atoms with E-state index in [1.807, 2.05) is 24.3 Å². The van der Waals surface area contributed by atoms with Crippen molar-refractivity contribution in [1.82, 2.24) is 0 Å². The summed E-state index contributed by atoms with van der Waals surface area (Å²) in [6.45, 7) is 4.37. The fourth-order valence-electron chi connectivity index (χ4n) is 2.65. The Morgan fingerprint density at radius 2 is 2.16 bits per heavy atom. The van der Waals surface area contributed by atoms with Crippen molar-refractivity contribution in [1.29, 1.82) is 0 Å². The molecule has 0 aliphatic carbocycles. The van der Waals surface area contributed by atoms with E-state index >= 15 is 0 Å². The number of benzene rings is 1. The highest BCUT2D eigenvalue weighted by Crippen LogP contribution is 2.29. The van der Waals surface area contributed by atoms with Gasteiger partial charge in [0.1, 0.15) is 5.75 Å². The van der Waals surface area contributed by atoms with E-state index in [2.05, 4.69) is 12.6 Å². The number of aliphatic hydroxyl groups is 1. The van der Waals surface area contributed by atoms with E-state index in [0.717, 1.165) is 31.4 Å². The number of para-hydroxylation sites is 1. The number of ether oxygens (including phenoxy) is 1. The van der Waals surface area contributed by atoms with Gasteiger partial charge >= 0.3 is 0 Å². The molecule has 1 N–H and O–H groups in total. The fraction of sp³-hybridized carbons (Fsp3) is 0.529. The van der Waals surface area contributed by atoms with Gasteiger partial charge in [-0.2, -0.15) is 0 Å². The van der Waals surface area contributed by atoms with Crippen LogP contribution in [-0.4, -0.2) is 17.8 Å². The number of allylic oxidation sites excluding steroid dienone is 1. The minimum absolute atomic E-state index is 0.239. The van der Waals surface area contributed by atoms with Crippen LogP contribution in [0.3, 0.4) is 0 Å². The van der Waals surface area contributed by atoms with Gasteiger partial charge < -0.3 is 9.84 Å². The van der Waals surface area contributed by atoms with Crippen molar-refractivity contribution in [3.05, 3.63) is 42.5 Å². The molecular weight excluding hydrogens is 236 g/mol. The Morgan fingerprint density at radius 1 is 1.32 bits per heavy atom. The molecule has 0 saturated heterocycles. The highest BCUT2D eigenvalue weighted by atomic mass is 16.5. The van der Waals surface area contributed by atoms with E-state index in [-0.39, 0.29) is 12.0 Å². The van der Waals surface area contributed by atoms with E-state index < -0.39 is 0 Å². The van der Waals surface area contributed by atoms with Crippen LogP contribution < -0.4 is 4.74 Å². The Balaban J connectivity index is 1.75. The topological polar surface area (TPSA) is 29.5 Å². The zero-order valence-electron chi connectivity index (χ0n) is 11.6. The van der Waals surface area contributed by atoms with Gasteiger partial charge in [-0.3, -0.25) is 0 Å². The number of hydrogen-bond acceptors (Lipinski definition) is 2. The molecule has 0 spiro atoms. The Labute approximate surface area is 116 Å². The van der Waals surface area contributed by atoms with Crippen molar-refractivity contribution < 1.29 is 9.84 Å². The van der Waals surface area contributed by atoms with E-state index in [9.17, 15) is 5.11 Å². The average Bonchev–Trinajstić information content (AvgIpc) is 2.46. The van der Waals surface area contributed by atoms with E-state index in [1.54, 1.807) is 0 Å². The van der Waals surface area contributed by atoms with Gasteiger partial charge in [0.25, 0.3) is 0 Å². The molecule has 19 heavy (non-hydrogen) atoms. The summed E-state index contributed by atoms with van der Waals surface area (Å²) in [6, 6.07) is 8.13. The normalized spacial score (nSPS) is 19.3. The van der Waals surface area contributed by atoms with E-state index in [0.29, 0.717) is 6.61 Å². The summed E-state index contributed by atoms with van der Waals surface area (Å²) in [7, 11) is 0. The maximum Gasteiger partial charge on any atom is 0.122 e. The first kappa shape index (κ1) is 14.1. The minimum Gasteiger partial charge on any atom is -0.493 e. The lowest BCUT2D eigenvalue weighted by atomic mass is 9.89. The van der Waals surface area contributed by atoms with Crippen LogP contribution in [0.1, 0.15) is 37.7 Å². The third-order valence-electron chi connectivity index (χ3n) is 3.86. The summed E-state index contributed by atoms with van der Waals surface area (Å²) in [5, 5.41) is 10.3. The lowest BCUT2D eigenvalue weighted by Gasteiger charge is -2.28. The molecule has 0 bridgehead atoms. The van der Waals surface area contributed by atoms with Crippen molar-refractivity contribution in [3.63, 3.8) is 0 Å². The number of fused-ring (bicyclic) bond motifs is 1. The van der Waals surface area contributed by atoms with Crippen molar-refractivity contribution in [3.8, 4) is 5.75 Å². The summed E-state index contributed by atoms with van der Waals surface area (Å²) in [5.74, 6) is 1.23. The van der Waals surface area contributed by atoms with Gasteiger partial charge in [-0.15, -0.1) is 6.58 Å². The summed E-state index contributed by atoms with van der Waals surface area (Å²) in [6.07, 6.45) is 8.06. The zero-order valence-corrected chi connectivity index (χ0v) is 11.6. The molecule has 1 heterocycles. The van der Waals surface area contributed by atoms with E-state index in [1.165, 1.54) is 18.4 Å². The van der Waals surface area contributed by atoms with Gasteiger partial charge in [-0.05, 0) is 37.3 Å². The van der Waals surface area contributed by atoms with E-state index in [4.69, 9.17) is 4.74 Å². The highest BCUT2D eigenvalue weighted by molar-refractivity contribution is 5.35. The van der Waals surface area contributed by atoms with Gasteiger partial charge in [0.15, 0.2) is 0 Å². The third kappa shape index (κ3) is 4.10. The largest absolute Gasteiger partial charge is 0.493 e. The molecule has 2 heteroatoms. The molecule has 0 radical (unpaired) electrons. The van der Waals surface area contributed by atoms with Crippen LogP contribution in [0.5, 0.6) is 5.75 Å². The lowest BCUT2D eigenvalue weighted by Crippen LogP contribution is -2.31. The molecule has 104 valence electrons. The summed E-state index contributed by atoms with van der Waals surface area (Å²) >= 11 is 0. The molecule has 2 unspecified atom stereocenters. The molecule has 0 aromatic heterocycles. The molecule has 2 atom stereocenters. The molecule has 1 aliphatic heterocycles. The average molecular weight is 260 g/mol. The molecule has 2 rings (SSSR count). The summed E-state index contributed by atoms with van der Waals surface area (Å²) in [5.41, 5.74) is 1.23. The van der Waals surface area contributed by atoms with Crippen molar-refractivity contribution >= 4 is 0 Å². The van der Waals surface area contributed by atoms with Gasteiger partial charge in [0, 0.05) is 5.92 Å². The smallest absolute Gasteiger partial charge is 0.122 e. The van der Waals surface area contributed by atoms with Crippen LogP contribution in [0.15, 0.2) is 36.9 Å². The van der Waals surface area contributed by atoms with Crippen LogP contribution in [0.4, 0.5) is 0 Å². The van der Waals surface area contributed by atoms with Crippen LogP contribution in [-0.2, 0) is 6.42 Å². The van der Waals surface area contributed by atoms with Gasteiger partial charge in [0.2, 0.25) is 0 Å². The SMILES string of the molecule is C=CCCCCCC(O)C1COc2ccccc2C1. The summed E-state index contributed by atoms with van der Waals surface area (Å²) < 4.78 is 5.73. The van der Waals surface area contributed by atoms with Crippen molar-refractivity contribution in [2.24, 2.45) is 5.92 Å². The van der Waals surface area contributed by atoms with Crippen molar-refractivity contribution in [2.45, 2.75) is 44.6 Å². The van der Waals surface area contributed by atoms with Crippen molar-refractivity contribution in [2.75, 3.05) is 6.61 Å². The molecule has 0 saturated carbocycles. The third-order valence-corrected chi connectivity index (χ3v) is 3.86. The second-order valence-corrected chi connectivity index (χ2v) is 5.38. The minimum atomic E-state index is -0.239. The predicted molar refractivity (Wildman–Crippen MR) is 78.4 cm³/mol. The number of rotatable bonds is 7. The summed E-state index contributed by atoms with van der Waals surface area (Å²) in [4.78, 5) is 0. The molecule has 1 aromatic rings. The molecule has 0 amide bonds. The van der Waals surface area contributed by atoms with Crippen LogP contribution in [0, 0.1) is 5.92 Å². The first-order valence-corrected chi connectivity index (χ1v) is 7.31. The molecule has 0 fully saturated rings. The van der Waals surface area contributed by atoms with Gasteiger partial charge in [-0.25, -0.2) is 0 Å². The Kier molecular flexibility index (Phi) is 5.46. The predicted octanol–water partition coefficient (Wildman–Crippen LogP) is 3.74. The first-order valence-electron chi connectivity index (χ1n) is 7.31. The highest BCUT2D eigenvalue weighted by Gasteiger charge is 2.25. The quantitative estimate of drug-likeness (QED) is 0.598. The monoisotopic (exact) mass is 260 g/mol. The fourth-order valence-corrected chi connectivity index (χ4v) is 2.65. The Morgan fingerprint density at radius 3 is 3.00 bits per heavy atom. The number of unbranched alkanes of at least 4 members (excludes halogenated alkanes) is 3. The molecule has 1 aliphatic rings. The maximum absolute atomic E-state index is 10.3. The van der Waals surface area contributed by atoms with Crippen LogP contribution in [0.25, 0.3) is 0 Å². The van der Waals surface area contributed by atoms with Gasteiger partial charge in [-0.1, -0.05) is 37.1 Å². The Bertz CT molecular complexity index is 400. The molecular formula is C17H24O2. The zero-order chi connectivity index (χ0) is 13.5. The second-order valence-electron chi connectivity index (χ2n) is 5.38. The first-order chi connectivity index (χ1) is 9.31.